The summed E-state index contributed by atoms with van der Waals surface area (Å²) in [6, 6.07) is 14.0. The quantitative estimate of drug-likeness (QED) is 0.607. The molecule has 0 spiro atoms. The van der Waals surface area contributed by atoms with Crippen molar-refractivity contribution < 1.29 is 13.9 Å². The lowest BCUT2D eigenvalue weighted by Gasteiger charge is -2.05. The lowest BCUT2D eigenvalue weighted by molar-refractivity contribution is -0.116. The third-order valence-electron chi connectivity index (χ3n) is 4.04. The number of rotatable bonds is 7. The zero-order valence-electron chi connectivity index (χ0n) is 15.3. The molecule has 0 aliphatic rings. The van der Waals surface area contributed by atoms with Crippen molar-refractivity contribution in [2.45, 2.75) is 26.7 Å². The van der Waals surface area contributed by atoms with Gasteiger partial charge in [0.25, 0.3) is 0 Å². The van der Waals surface area contributed by atoms with Crippen LogP contribution in [0.4, 0.5) is 9.52 Å². The Morgan fingerprint density at radius 1 is 1.15 bits per heavy atom. The molecule has 0 bridgehead atoms. The molecule has 0 atom stereocenters. The first-order valence-corrected chi connectivity index (χ1v) is 9.61. The maximum Gasteiger partial charge on any atom is 0.226 e. The summed E-state index contributed by atoms with van der Waals surface area (Å²) in [5, 5.41) is 3.41. The molecule has 0 unspecified atom stereocenters. The van der Waals surface area contributed by atoms with Crippen LogP contribution >= 0.6 is 11.3 Å². The van der Waals surface area contributed by atoms with Crippen molar-refractivity contribution in [1.29, 1.82) is 0 Å². The van der Waals surface area contributed by atoms with Gasteiger partial charge in [0.2, 0.25) is 5.91 Å². The average Bonchev–Trinajstić information content (AvgIpc) is 3.02. The number of aromatic nitrogens is 1. The van der Waals surface area contributed by atoms with E-state index in [1.54, 1.807) is 12.1 Å². The predicted molar refractivity (Wildman–Crippen MR) is 107 cm³/mol. The standard InChI is InChI=1S/C21H21FN2O2S/c1-3-26-18-11-4-15(5-12-18)6-13-19(25)23-21-24-20(14(2)27-21)16-7-9-17(22)10-8-16/h4-5,7-12H,3,6,13H2,1-2H3,(H,23,24,25). The highest BCUT2D eigenvalue weighted by atomic mass is 32.1. The maximum atomic E-state index is 13.1. The molecule has 1 aromatic heterocycles. The van der Waals surface area contributed by atoms with Gasteiger partial charge in [0, 0.05) is 16.9 Å². The molecule has 3 rings (SSSR count). The molecular formula is C21H21FN2O2S. The molecule has 0 fully saturated rings. The highest BCUT2D eigenvalue weighted by Gasteiger charge is 2.12. The molecule has 27 heavy (non-hydrogen) atoms. The van der Waals surface area contributed by atoms with Crippen LogP contribution in [0.25, 0.3) is 11.3 Å². The van der Waals surface area contributed by atoms with Gasteiger partial charge in [-0.25, -0.2) is 9.37 Å². The summed E-state index contributed by atoms with van der Waals surface area (Å²) < 4.78 is 18.5. The molecule has 0 aliphatic heterocycles. The van der Waals surface area contributed by atoms with Gasteiger partial charge in [0.1, 0.15) is 11.6 Å². The first kappa shape index (κ1) is 19.0. The Balaban J connectivity index is 1.58. The number of hydrogen-bond acceptors (Lipinski definition) is 4. The Bertz CT molecular complexity index is 905. The van der Waals surface area contributed by atoms with Crippen LogP contribution in [0.15, 0.2) is 48.5 Å². The minimum atomic E-state index is -0.283. The number of halogens is 1. The van der Waals surface area contributed by atoms with Gasteiger partial charge >= 0.3 is 0 Å². The average molecular weight is 384 g/mol. The number of carbonyl (C=O) groups excluding carboxylic acids is 1. The summed E-state index contributed by atoms with van der Waals surface area (Å²) in [4.78, 5) is 17.7. The van der Waals surface area contributed by atoms with Crippen molar-refractivity contribution in [3.63, 3.8) is 0 Å². The molecule has 0 saturated carbocycles. The second-order valence-electron chi connectivity index (χ2n) is 6.06. The van der Waals surface area contributed by atoms with Gasteiger partial charge in [-0.3, -0.25) is 4.79 Å². The topological polar surface area (TPSA) is 51.2 Å². The number of thiazole rings is 1. The molecule has 3 aromatic rings. The lowest BCUT2D eigenvalue weighted by atomic mass is 10.1. The Morgan fingerprint density at radius 2 is 1.85 bits per heavy atom. The van der Waals surface area contributed by atoms with Crippen LogP contribution in [0.5, 0.6) is 5.75 Å². The second-order valence-corrected chi connectivity index (χ2v) is 7.26. The Labute approximate surface area is 162 Å². The van der Waals surface area contributed by atoms with Crippen LogP contribution in [0, 0.1) is 12.7 Å². The minimum Gasteiger partial charge on any atom is -0.494 e. The number of amides is 1. The van der Waals surface area contributed by atoms with E-state index < -0.39 is 0 Å². The summed E-state index contributed by atoms with van der Waals surface area (Å²) in [5.41, 5.74) is 2.68. The maximum absolute atomic E-state index is 13.1. The monoisotopic (exact) mass is 384 g/mol. The molecule has 0 radical (unpaired) electrons. The molecule has 1 heterocycles. The number of carbonyl (C=O) groups is 1. The summed E-state index contributed by atoms with van der Waals surface area (Å²) in [5.74, 6) is 0.468. The molecule has 1 amide bonds. The van der Waals surface area contributed by atoms with Crippen molar-refractivity contribution in [2.24, 2.45) is 0 Å². The summed E-state index contributed by atoms with van der Waals surface area (Å²) >= 11 is 1.42. The molecule has 4 nitrogen and oxygen atoms in total. The number of nitrogens with one attached hydrogen (secondary N) is 1. The fraction of sp³-hybridized carbons (Fsp3) is 0.238. The lowest BCUT2D eigenvalue weighted by Crippen LogP contribution is -2.12. The van der Waals surface area contributed by atoms with Gasteiger partial charge < -0.3 is 10.1 Å². The largest absolute Gasteiger partial charge is 0.494 e. The summed E-state index contributed by atoms with van der Waals surface area (Å²) in [6.45, 7) is 4.51. The Morgan fingerprint density at radius 3 is 2.52 bits per heavy atom. The predicted octanol–water partition coefficient (Wildman–Crippen LogP) is 5.23. The van der Waals surface area contributed by atoms with Gasteiger partial charge in [-0.05, 0) is 62.2 Å². The highest BCUT2D eigenvalue weighted by molar-refractivity contribution is 7.16. The van der Waals surface area contributed by atoms with E-state index in [1.165, 1.54) is 23.5 Å². The number of ether oxygens (including phenoxy) is 1. The SMILES string of the molecule is CCOc1ccc(CCC(=O)Nc2nc(-c3ccc(F)cc3)c(C)s2)cc1. The van der Waals surface area contributed by atoms with E-state index in [1.807, 2.05) is 38.1 Å². The van der Waals surface area contributed by atoms with Gasteiger partial charge in [-0.1, -0.05) is 12.1 Å². The van der Waals surface area contributed by atoms with E-state index in [-0.39, 0.29) is 11.7 Å². The van der Waals surface area contributed by atoms with Crippen molar-refractivity contribution in [2.75, 3.05) is 11.9 Å². The zero-order chi connectivity index (χ0) is 19.2. The fourth-order valence-electron chi connectivity index (χ4n) is 2.68. The van der Waals surface area contributed by atoms with Crippen LogP contribution in [-0.2, 0) is 11.2 Å². The summed E-state index contributed by atoms with van der Waals surface area (Å²) in [7, 11) is 0. The normalized spacial score (nSPS) is 10.6. The number of nitrogens with zero attached hydrogens (tertiary/aromatic N) is 1. The third-order valence-corrected chi connectivity index (χ3v) is 4.92. The van der Waals surface area contributed by atoms with Crippen molar-refractivity contribution in [3.05, 3.63) is 64.8 Å². The molecular weight excluding hydrogens is 363 g/mol. The molecule has 0 saturated heterocycles. The fourth-order valence-corrected chi connectivity index (χ4v) is 3.54. The first-order valence-electron chi connectivity index (χ1n) is 8.80. The summed E-state index contributed by atoms with van der Waals surface area (Å²) in [6.07, 6.45) is 1.02. The van der Waals surface area contributed by atoms with Gasteiger partial charge in [0.15, 0.2) is 5.13 Å². The Kier molecular flexibility index (Phi) is 6.19. The minimum absolute atomic E-state index is 0.0803. The van der Waals surface area contributed by atoms with E-state index in [9.17, 15) is 9.18 Å². The van der Waals surface area contributed by atoms with Crippen molar-refractivity contribution in [1.82, 2.24) is 4.98 Å². The van der Waals surface area contributed by atoms with E-state index in [2.05, 4.69) is 10.3 Å². The van der Waals surface area contributed by atoms with Crippen LogP contribution in [-0.4, -0.2) is 17.5 Å². The molecule has 1 N–H and O–H groups in total. The van der Waals surface area contributed by atoms with E-state index >= 15 is 0 Å². The van der Waals surface area contributed by atoms with Crippen molar-refractivity contribution in [3.8, 4) is 17.0 Å². The number of hydrogen-bond donors (Lipinski definition) is 1. The molecule has 2 aromatic carbocycles. The van der Waals surface area contributed by atoms with Crippen LogP contribution in [0.3, 0.4) is 0 Å². The van der Waals surface area contributed by atoms with Crippen LogP contribution < -0.4 is 10.1 Å². The number of benzene rings is 2. The molecule has 0 aliphatic carbocycles. The Hall–Kier alpha value is -2.73. The number of anilines is 1. The second kappa shape index (κ2) is 8.77. The van der Waals surface area contributed by atoms with Crippen LogP contribution in [0.2, 0.25) is 0 Å². The van der Waals surface area contributed by atoms with Gasteiger partial charge in [-0.15, -0.1) is 11.3 Å². The third kappa shape index (κ3) is 5.14. The van der Waals surface area contributed by atoms with Crippen LogP contribution in [0.1, 0.15) is 23.8 Å². The van der Waals surface area contributed by atoms with Gasteiger partial charge in [-0.2, -0.15) is 0 Å². The van der Waals surface area contributed by atoms with Crippen molar-refractivity contribution >= 4 is 22.4 Å². The molecule has 6 heteroatoms. The smallest absolute Gasteiger partial charge is 0.226 e. The highest BCUT2D eigenvalue weighted by Crippen LogP contribution is 2.30. The van der Waals surface area contributed by atoms with Gasteiger partial charge in [0.05, 0.1) is 12.3 Å². The zero-order valence-corrected chi connectivity index (χ0v) is 16.1. The van der Waals surface area contributed by atoms with E-state index in [4.69, 9.17) is 4.74 Å². The first-order chi connectivity index (χ1) is 13.0. The number of aryl methyl sites for hydroxylation is 2. The molecule has 140 valence electrons. The van der Waals surface area contributed by atoms with E-state index in [0.29, 0.717) is 24.6 Å². The van der Waals surface area contributed by atoms with E-state index in [0.717, 1.165) is 27.4 Å².